The summed E-state index contributed by atoms with van der Waals surface area (Å²) in [5, 5.41) is 13.9. The number of nitrogens with zero attached hydrogens (tertiary/aromatic N) is 1. The molecule has 0 radical (unpaired) electrons. The molecule has 63 heavy (non-hydrogen) atoms. The fourth-order valence-corrected chi connectivity index (χ4v) is 8.29. The number of rotatable bonds is 48. The Bertz CT molecular complexity index is 1170. The van der Waals surface area contributed by atoms with Gasteiger partial charge in [-0.3, -0.25) is 9.36 Å². The van der Waals surface area contributed by atoms with Gasteiger partial charge < -0.3 is 28.8 Å². The quantitative estimate of drug-likeness (QED) is 0.0272. The largest absolute Gasteiger partial charge is 0.756 e. The van der Waals surface area contributed by atoms with E-state index < -0.39 is 20.0 Å². The molecule has 0 heterocycles. The van der Waals surface area contributed by atoms with Gasteiger partial charge in [-0.2, -0.15) is 0 Å². The maximum atomic E-state index is 12.9. The van der Waals surface area contributed by atoms with Gasteiger partial charge in [-0.25, -0.2) is 0 Å². The molecule has 0 aromatic heterocycles. The third-order valence-electron chi connectivity index (χ3n) is 11.8. The Balaban J connectivity index is 4.32. The first-order valence-corrected chi connectivity index (χ1v) is 28.0. The van der Waals surface area contributed by atoms with E-state index in [0.29, 0.717) is 17.4 Å². The number of amides is 1. The molecule has 0 rings (SSSR count). The molecule has 9 heteroatoms. The number of nitrogens with one attached hydrogen (secondary N) is 1. The minimum Gasteiger partial charge on any atom is -0.756 e. The summed E-state index contributed by atoms with van der Waals surface area (Å²) in [6, 6.07) is -0.895. The Morgan fingerprint density at radius 1 is 0.556 bits per heavy atom. The standard InChI is InChI=1S/C54H103N2O6P/c1-6-8-10-12-14-16-18-20-22-24-26-27-28-30-31-33-35-37-39-41-43-45-47-53(57)52(51-62-63(59,60)61-50-49-56(3,4)5)55-54(58)48-46-44-42-40-38-36-34-32-29-25-23-21-19-17-15-13-11-9-7-2/h15,17,21,23,29,32,45,47,52-53,57H,6-14,16,18-20,22,24-28,30-31,33-44,46,48-51H2,1-5H3,(H-,55,58,59,60)/b17-15-,23-21-,32-29-,47-45+. The van der Waals surface area contributed by atoms with E-state index in [0.717, 1.165) is 64.2 Å². The van der Waals surface area contributed by atoms with Crippen molar-refractivity contribution in [3.05, 3.63) is 48.6 Å². The maximum Gasteiger partial charge on any atom is 0.268 e. The van der Waals surface area contributed by atoms with Crippen molar-refractivity contribution in [2.45, 2.75) is 251 Å². The smallest absolute Gasteiger partial charge is 0.268 e. The lowest BCUT2D eigenvalue weighted by Crippen LogP contribution is -2.45. The average molecular weight is 907 g/mol. The molecule has 0 aromatic rings. The molecule has 0 spiro atoms. The molecule has 8 nitrogen and oxygen atoms in total. The van der Waals surface area contributed by atoms with E-state index in [9.17, 15) is 19.4 Å². The van der Waals surface area contributed by atoms with Crippen LogP contribution in [0.4, 0.5) is 0 Å². The van der Waals surface area contributed by atoms with Crippen LogP contribution in [0.3, 0.4) is 0 Å². The van der Waals surface area contributed by atoms with Gasteiger partial charge in [0.2, 0.25) is 5.91 Å². The van der Waals surface area contributed by atoms with Crippen LogP contribution in [0.2, 0.25) is 0 Å². The number of likely N-dealkylation sites (N-methyl/N-ethyl adjacent to an activating group) is 1. The number of allylic oxidation sites excluding steroid dienone is 7. The van der Waals surface area contributed by atoms with E-state index in [1.54, 1.807) is 6.08 Å². The number of phosphoric acid groups is 1. The normalized spacial score (nSPS) is 14.5. The molecule has 3 unspecified atom stereocenters. The molecule has 0 aliphatic carbocycles. The predicted molar refractivity (Wildman–Crippen MR) is 270 cm³/mol. The van der Waals surface area contributed by atoms with Gasteiger partial charge in [-0.05, 0) is 57.8 Å². The summed E-state index contributed by atoms with van der Waals surface area (Å²) >= 11 is 0. The maximum absolute atomic E-state index is 12.9. The van der Waals surface area contributed by atoms with Crippen molar-refractivity contribution in [3.63, 3.8) is 0 Å². The second-order valence-electron chi connectivity index (χ2n) is 19.2. The summed E-state index contributed by atoms with van der Waals surface area (Å²) in [5.41, 5.74) is 0. The van der Waals surface area contributed by atoms with Crippen LogP contribution in [0.1, 0.15) is 239 Å². The zero-order chi connectivity index (χ0) is 46.4. The number of aliphatic hydroxyl groups is 1. The zero-order valence-electron chi connectivity index (χ0n) is 42.0. The van der Waals surface area contributed by atoms with Crippen molar-refractivity contribution in [1.29, 1.82) is 0 Å². The lowest BCUT2D eigenvalue weighted by molar-refractivity contribution is -0.870. The lowest BCUT2D eigenvalue weighted by atomic mass is 10.0. The molecule has 0 bridgehead atoms. The van der Waals surface area contributed by atoms with Crippen LogP contribution in [0, 0.1) is 0 Å². The second kappa shape index (κ2) is 45.6. The third-order valence-corrected chi connectivity index (χ3v) is 12.7. The molecule has 0 saturated heterocycles. The first-order chi connectivity index (χ1) is 30.5. The fraction of sp³-hybridized carbons (Fsp3) is 0.833. The van der Waals surface area contributed by atoms with Crippen LogP contribution in [0.25, 0.3) is 0 Å². The SMILES string of the molecule is CCCCC/C=C\C/C=C\C/C=C\CCCCCCCCC(=O)NC(COP(=O)([O-])OCC[N+](C)(C)C)C(O)/C=C/CCCCCCCCCCCCCCCCCCCCCC. The van der Waals surface area contributed by atoms with Crippen LogP contribution in [-0.4, -0.2) is 68.5 Å². The Morgan fingerprint density at radius 2 is 0.921 bits per heavy atom. The van der Waals surface area contributed by atoms with E-state index >= 15 is 0 Å². The minimum absolute atomic E-state index is 0.00486. The van der Waals surface area contributed by atoms with E-state index in [-0.39, 0.29) is 19.1 Å². The summed E-state index contributed by atoms with van der Waals surface area (Å²) in [5.74, 6) is -0.209. The van der Waals surface area contributed by atoms with Gasteiger partial charge in [0.1, 0.15) is 13.2 Å². The van der Waals surface area contributed by atoms with Crippen molar-refractivity contribution >= 4 is 13.7 Å². The number of aliphatic hydroxyl groups excluding tert-OH is 1. The first kappa shape index (κ1) is 61.5. The first-order valence-electron chi connectivity index (χ1n) is 26.5. The molecule has 0 aliphatic heterocycles. The Hall–Kier alpha value is -1.54. The summed E-state index contributed by atoms with van der Waals surface area (Å²) < 4.78 is 23.3. The fourth-order valence-electron chi connectivity index (χ4n) is 7.57. The van der Waals surface area contributed by atoms with Crippen LogP contribution in [-0.2, 0) is 18.4 Å². The highest BCUT2D eigenvalue weighted by atomic mass is 31.2. The lowest BCUT2D eigenvalue weighted by Gasteiger charge is -2.29. The highest BCUT2D eigenvalue weighted by Crippen LogP contribution is 2.38. The van der Waals surface area contributed by atoms with Gasteiger partial charge in [0.15, 0.2) is 0 Å². The molecule has 0 saturated carbocycles. The number of unbranched alkanes of at least 4 members (excludes halogenated alkanes) is 29. The van der Waals surface area contributed by atoms with E-state index in [1.807, 2.05) is 27.2 Å². The summed E-state index contributed by atoms with van der Waals surface area (Å²) in [7, 11) is 1.25. The number of hydrogen-bond donors (Lipinski definition) is 2. The number of phosphoric ester groups is 1. The molecule has 0 aliphatic rings. The molecular formula is C54H103N2O6P. The van der Waals surface area contributed by atoms with Gasteiger partial charge in [0.05, 0.1) is 39.9 Å². The van der Waals surface area contributed by atoms with Crippen molar-refractivity contribution in [1.82, 2.24) is 5.32 Å². The summed E-state index contributed by atoms with van der Waals surface area (Å²) in [6.45, 7) is 4.63. The van der Waals surface area contributed by atoms with Crippen LogP contribution in [0.15, 0.2) is 48.6 Å². The Labute approximate surface area is 390 Å². The summed E-state index contributed by atoms with van der Waals surface area (Å²) in [4.78, 5) is 25.4. The second-order valence-corrected chi connectivity index (χ2v) is 20.6. The molecule has 0 fully saturated rings. The van der Waals surface area contributed by atoms with E-state index in [4.69, 9.17) is 9.05 Å². The molecule has 0 aromatic carbocycles. The molecule has 3 atom stereocenters. The van der Waals surface area contributed by atoms with Crippen molar-refractivity contribution in [3.8, 4) is 0 Å². The van der Waals surface area contributed by atoms with Crippen LogP contribution >= 0.6 is 7.82 Å². The van der Waals surface area contributed by atoms with Gasteiger partial charge in [0, 0.05) is 6.42 Å². The van der Waals surface area contributed by atoms with Crippen LogP contribution < -0.4 is 10.2 Å². The topological polar surface area (TPSA) is 108 Å². The van der Waals surface area contributed by atoms with Gasteiger partial charge in [-0.1, -0.05) is 223 Å². The van der Waals surface area contributed by atoms with Crippen molar-refractivity contribution in [2.24, 2.45) is 0 Å². The zero-order valence-corrected chi connectivity index (χ0v) is 42.9. The van der Waals surface area contributed by atoms with Gasteiger partial charge >= 0.3 is 0 Å². The van der Waals surface area contributed by atoms with Crippen molar-refractivity contribution in [2.75, 3.05) is 40.9 Å². The number of carbonyl (C=O) groups excluding carboxylic acids is 1. The number of hydrogen-bond acceptors (Lipinski definition) is 6. The Morgan fingerprint density at radius 3 is 1.37 bits per heavy atom. The molecule has 2 N–H and O–H groups in total. The van der Waals surface area contributed by atoms with Gasteiger partial charge in [0.25, 0.3) is 7.82 Å². The monoisotopic (exact) mass is 907 g/mol. The molecule has 370 valence electrons. The number of carbonyl (C=O) groups is 1. The molecule has 1 amide bonds. The Kier molecular flexibility index (Phi) is 44.5. The average Bonchev–Trinajstić information content (AvgIpc) is 3.24. The summed E-state index contributed by atoms with van der Waals surface area (Å²) in [6.07, 6.45) is 58.8. The number of quaternary nitrogens is 1. The van der Waals surface area contributed by atoms with Gasteiger partial charge in [-0.15, -0.1) is 0 Å². The van der Waals surface area contributed by atoms with E-state index in [2.05, 4.69) is 55.6 Å². The highest BCUT2D eigenvalue weighted by Gasteiger charge is 2.23. The predicted octanol–water partition coefficient (Wildman–Crippen LogP) is 15.0. The third kappa shape index (κ3) is 48.2. The van der Waals surface area contributed by atoms with E-state index in [1.165, 1.54) is 154 Å². The molecular weight excluding hydrogens is 804 g/mol. The highest BCUT2D eigenvalue weighted by molar-refractivity contribution is 7.45. The van der Waals surface area contributed by atoms with Crippen molar-refractivity contribution < 1.29 is 32.9 Å². The minimum atomic E-state index is -4.60. The van der Waals surface area contributed by atoms with Crippen LogP contribution in [0.5, 0.6) is 0 Å².